The molecule has 6 nitrogen and oxygen atoms in total. The number of hydrogen-bond donors (Lipinski definition) is 2. The summed E-state index contributed by atoms with van der Waals surface area (Å²) in [4.78, 5) is 27.4. The van der Waals surface area contributed by atoms with Crippen molar-refractivity contribution in [3.05, 3.63) is 59.7 Å². The summed E-state index contributed by atoms with van der Waals surface area (Å²) in [5.41, 5.74) is 2.16. The predicted octanol–water partition coefficient (Wildman–Crippen LogP) is 4.67. The van der Waals surface area contributed by atoms with Crippen molar-refractivity contribution in [2.75, 3.05) is 25.5 Å². The predicted molar refractivity (Wildman–Crippen MR) is 121 cm³/mol. The van der Waals surface area contributed by atoms with E-state index in [4.69, 9.17) is 4.74 Å². The molecule has 1 saturated heterocycles. The van der Waals surface area contributed by atoms with E-state index < -0.39 is 0 Å². The molecule has 0 unspecified atom stereocenters. The molecule has 0 bridgehead atoms. The van der Waals surface area contributed by atoms with Gasteiger partial charge in [-0.3, -0.25) is 4.79 Å². The zero-order valence-electron chi connectivity index (χ0n) is 18.1. The number of piperidine rings is 1. The van der Waals surface area contributed by atoms with Crippen LogP contribution in [0.4, 0.5) is 10.5 Å². The maximum atomic E-state index is 13.2. The summed E-state index contributed by atoms with van der Waals surface area (Å²) in [6.45, 7) is 2.09. The zero-order valence-corrected chi connectivity index (χ0v) is 18.1. The van der Waals surface area contributed by atoms with Crippen LogP contribution in [0.2, 0.25) is 0 Å². The summed E-state index contributed by atoms with van der Waals surface area (Å²) in [6, 6.07) is 14.6. The molecule has 1 saturated carbocycles. The minimum Gasteiger partial charge on any atom is -0.496 e. The van der Waals surface area contributed by atoms with Crippen LogP contribution in [0.15, 0.2) is 48.5 Å². The third kappa shape index (κ3) is 5.19. The highest BCUT2D eigenvalue weighted by Gasteiger charge is 2.33. The van der Waals surface area contributed by atoms with Gasteiger partial charge in [0.2, 0.25) is 0 Å². The van der Waals surface area contributed by atoms with Gasteiger partial charge in [-0.25, -0.2) is 4.79 Å². The van der Waals surface area contributed by atoms with E-state index in [0.29, 0.717) is 29.5 Å². The number of nitrogens with zero attached hydrogens (tertiary/aromatic N) is 1. The smallest absolute Gasteiger partial charge is 0.319 e. The molecular weight excluding hydrogens is 390 g/mol. The molecule has 2 aromatic carbocycles. The number of carbonyl (C=O) groups excluding carboxylic acids is 2. The van der Waals surface area contributed by atoms with Crippen molar-refractivity contribution in [2.24, 2.45) is 11.8 Å². The van der Waals surface area contributed by atoms with Gasteiger partial charge >= 0.3 is 6.03 Å². The zero-order chi connectivity index (χ0) is 21.6. The minimum absolute atomic E-state index is 0.0148. The molecule has 2 fully saturated rings. The highest BCUT2D eigenvalue weighted by atomic mass is 16.5. The van der Waals surface area contributed by atoms with Crippen molar-refractivity contribution in [3.63, 3.8) is 0 Å². The summed E-state index contributed by atoms with van der Waals surface area (Å²) in [7, 11) is 1.55. The van der Waals surface area contributed by atoms with Crippen molar-refractivity contribution >= 4 is 17.6 Å². The van der Waals surface area contributed by atoms with E-state index in [1.54, 1.807) is 25.3 Å². The number of fused-ring (bicyclic) bond motifs is 1. The third-order valence-electron chi connectivity index (χ3n) is 6.56. The van der Waals surface area contributed by atoms with E-state index >= 15 is 0 Å². The van der Waals surface area contributed by atoms with Crippen LogP contribution in [0, 0.1) is 11.8 Å². The van der Waals surface area contributed by atoms with Gasteiger partial charge < -0.3 is 20.3 Å². The highest BCUT2D eigenvalue weighted by Crippen LogP contribution is 2.37. The average molecular weight is 422 g/mol. The van der Waals surface area contributed by atoms with Gasteiger partial charge in [-0.15, -0.1) is 0 Å². The van der Waals surface area contributed by atoms with Crippen LogP contribution in [0.1, 0.15) is 48.0 Å². The molecule has 2 N–H and O–H groups in total. The van der Waals surface area contributed by atoms with Gasteiger partial charge in [0.15, 0.2) is 0 Å². The first-order valence-corrected chi connectivity index (χ1v) is 11.2. The number of methoxy groups -OCH3 is 1. The Morgan fingerprint density at radius 1 is 1.03 bits per heavy atom. The Kier molecular flexibility index (Phi) is 6.75. The van der Waals surface area contributed by atoms with Crippen molar-refractivity contribution < 1.29 is 14.3 Å². The lowest BCUT2D eigenvalue weighted by Gasteiger charge is -2.41. The number of hydrogen-bond acceptors (Lipinski definition) is 3. The Bertz CT molecular complexity index is 915. The van der Waals surface area contributed by atoms with Gasteiger partial charge in [-0.1, -0.05) is 49.6 Å². The number of amides is 3. The van der Waals surface area contributed by atoms with Gasteiger partial charge in [0.05, 0.1) is 12.7 Å². The second-order valence-corrected chi connectivity index (χ2v) is 8.55. The second kappa shape index (κ2) is 9.86. The number of urea groups is 1. The Labute approximate surface area is 184 Å². The van der Waals surface area contributed by atoms with E-state index in [2.05, 4.69) is 10.6 Å². The molecule has 1 aliphatic carbocycles. The molecule has 2 aromatic rings. The topological polar surface area (TPSA) is 70.7 Å². The lowest BCUT2D eigenvalue weighted by atomic mass is 9.75. The van der Waals surface area contributed by atoms with E-state index in [1.807, 2.05) is 35.2 Å². The summed E-state index contributed by atoms with van der Waals surface area (Å²) in [6.07, 6.45) is 6.24. The molecule has 0 spiro atoms. The summed E-state index contributed by atoms with van der Waals surface area (Å²) in [5.74, 6) is 1.91. The fourth-order valence-electron chi connectivity index (χ4n) is 4.85. The molecule has 1 heterocycles. The first kappa shape index (κ1) is 21.2. The van der Waals surface area contributed by atoms with Gasteiger partial charge in [-0.05, 0) is 42.4 Å². The number of benzene rings is 2. The maximum absolute atomic E-state index is 13.2. The largest absolute Gasteiger partial charge is 0.496 e. The van der Waals surface area contributed by atoms with Crippen LogP contribution in [-0.2, 0) is 6.54 Å². The van der Waals surface area contributed by atoms with Crippen LogP contribution < -0.4 is 15.4 Å². The normalized spacial score (nSPS) is 20.5. The second-order valence-electron chi connectivity index (χ2n) is 8.55. The van der Waals surface area contributed by atoms with Crippen LogP contribution in [0.5, 0.6) is 5.75 Å². The van der Waals surface area contributed by atoms with Crippen molar-refractivity contribution in [3.8, 4) is 5.75 Å². The lowest BCUT2D eigenvalue weighted by molar-refractivity contribution is 0.0518. The summed E-state index contributed by atoms with van der Waals surface area (Å²) >= 11 is 0. The molecule has 4 rings (SSSR count). The van der Waals surface area contributed by atoms with Crippen molar-refractivity contribution in [2.45, 2.75) is 38.6 Å². The van der Waals surface area contributed by atoms with Crippen LogP contribution in [0.25, 0.3) is 0 Å². The monoisotopic (exact) mass is 421 g/mol. The summed E-state index contributed by atoms with van der Waals surface area (Å²) in [5, 5.41) is 5.65. The maximum Gasteiger partial charge on any atom is 0.319 e. The lowest BCUT2D eigenvalue weighted by Crippen LogP contribution is -2.44. The van der Waals surface area contributed by atoms with Crippen LogP contribution >= 0.6 is 0 Å². The Hall–Kier alpha value is -3.02. The first-order chi connectivity index (χ1) is 15.1. The molecule has 1 aliphatic heterocycles. The van der Waals surface area contributed by atoms with E-state index in [0.717, 1.165) is 31.0 Å². The average Bonchev–Trinajstić information content (AvgIpc) is 2.82. The fraction of sp³-hybridized carbons (Fsp3) is 0.440. The Balaban J connectivity index is 1.38. The van der Waals surface area contributed by atoms with Gasteiger partial charge in [0, 0.05) is 31.4 Å². The van der Waals surface area contributed by atoms with Crippen LogP contribution in [-0.4, -0.2) is 37.0 Å². The van der Waals surface area contributed by atoms with Gasteiger partial charge in [-0.2, -0.15) is 0 Å². The highest BCUT2D eigenvalue weighted by molar-refractivity contribution is 5.98. The number of likely N-dealkylation sites (tertiary alicyclic amines) is 1. The fourth-order valence-corrected chi connectivity index (χ4v) is 4.85. The van der Waals surface area contributed by atoms with E-state index in [1.165, 1.54) is 25.7 Å². The van der Waals surface area contributed by atoms with Crippen molar-refractivity contribution in [1.82, 2.24) is 10.2 Å². The molecular formula is C25H31N3O3. The number of nitrogens with one attached hydrogen (secondary N) is 2. The molecule has 31 heavy (non-hydrogen) atoms. The SMILES string of the molecule is COc1cc(NC(=O)NCc2ccccc2)ccc1C(=O)N1CC[C@H]2CCCC[C@H]2C1. The quantitative estimate of drug-likeness (QED) is 0.737. The van der Waals surface area contributed by atoms with Crippen molar-refractivity contribution in [1.29, 1.82) is 0 Å². The molecule has 0 radical (unpaired) electrons. The number of anilines is 1. The van der Waals surface area contributed by atoms with Gasteiger partial charge in [0.25, 0.3) is 5.91 Å². The molecule has 164 valence electrons. The Morgan fingerprint density at radius 3 is 2.58 bits per heavy atom. The number of carbonyl (C=O) groups is 2. The molecule has 3 amide bonds. The van der Waals surface area contributed by atoms with E-state index in [9.17, 15) is 9.59 Å². The Morgan fingerprint density at radius 2 is 1.81 bits per heavy atom. The minimum atomic E-state index is -0.302. The molecule has 2 atom stereocenters. The van der Waals surface area contributed by atoms with E-state index in [-0.39, 0.29) is 11.9 Å². The number of rotatable bonds is 5. The number of ether oxygens (including phenoxy) is 1. The third-order valence-corrected chi connectivity index (χ3v) is 6.56. The summed E-state index contributed by atoms with van der Waals surface area (Å²) < 4.78 is 5.50. The first-order valence-electron chi connectivity index (χ1n) is 11.2. The molecule has 0 aromatic heterocycles. The van der Waals surface area contributed by atoms with Gasteiger partial charge in [0.1, 0.15) is 5.75 Å². The molecule has 2 aliphatic rings. The van der Waals surface area contributed by atoms with Crippen LogP contribution in [0.3, 0.4) is 0 Å². The molecule has 6 heteroatoms. The standard InChI is InChI=1S/C25H31N3O3/c1-31-23-15-21(27-25(30)26-16-18-7-3-2-4-8-18)11-12-22(23)24(29)28-14-13-19-9-5-6-10-20(19)17-28/h2-4,7-8,11-12,15,19-20H,5-6,9-10,13-14,16-17H2,1H3,(H2,26,27,30)/t19-,20+/m1/s1.